The van der Waals surface area contributed by atoms with Gasteiger partial charge in [-0.1, -0.05) is 12.1 Å². The van der Waals surface area contributed by atoms with E-state index in [1.54, 1.807) is 6.92 Å². The molecule has 1 aromatic rings. The van der Waals surface area contributed by atoms with Gasteiger partial charge in [0.2, 0.25) is 0 Å². The number of β-amino-alcohol motifs (C(OH)–C–C–N with tert-alkyl or cyclic N) is 1. The predicted octanol–water partition coefficient (Wildman–Crippen LogP) is 0.277. The summed E-state index contributed by atoms with van der Waals surface area (Å²) in [6.45, 7) is 5.45. The fourth-order valence-corrected chi connectivity index (χ4v) is 2.19. The van der Waals surface area contributed by atoms with Gasteiger partial charge in [-0.15, -0.1) is 12.4 Å². The molecule has 0 aliphatic carbocycles. The number of aryl methyl sites for hydroxylation is 2. The molecule has 1 amide bonds. The summed E-state index contributed by atoms with van der Waals surface area (Å²) >= 11 is 0. The number of rotatable bonds is 4. The van der Waals surface area contributed by atoms with Gasteiger partial charge in [-0.2, -0.15) is 0 Å². The van der Waals surface area contributed by atoms with Gasteiger partial charge in [0.1, 0.15) is 11.3 Å². The van der Waals surface area contributed by atoms with Gasteiger partial charge in [0.25, 0.3) is 5.91 Å². The number of carbonyl (C=O) groups excluding carboxylic acids is 1. The largest absolute Gasteiger partial charge is 0.391 e. The second-order valence-electron chi connectivity index (χ2n) is 4.62. The molecular formula is C12H20ClN3O3. The SMILES string of the molecule is CCc1onc(C)c1C(=O)NCC1CNCC1O.Cl. The molecule has 2 unspecified atom stereocenters. The molecule has 0 aromatic carbocycles. The van der Waals surface area contributed by atoms with Crippen molar-refractivity contribution in [2.45, 2.75) is 26.4 Å². The lowest BCUT2D eigenvalue weighted by Gasteiger charge is -2.13. The van der Waals surface area contributed by atoms with Crippen molar-refractivity contribution in [2.75, 3.05) is 19.6 Å². The molecule has 1 aliphatic heterocycles. The number of hydrogen-bond donors (Lipinski definition) is 3. The Hall–Kier alpha value is -1.11. The van der Waals surface area contributed by atoms with E-state index in [-0.39, 0.29) is 30.3 Å². The molecule has 6 nitrogen and oxygen atoms in total. The first-order valence-electron chi connectivity index (χ1n) is 6.25. The molecule has 108 valence electrons. The lowest BCUT2D eigenvalue weighted by molar-refractivity contribution is 0.0924. The van der Waals surface area contributed by atoms with E-state index in [0.29, 0.717) is 36.5 Å². The summed E-state index contributed by atoms with van der Waals surface area (Å²) in [5.74, 6) is 0.499. The maximum atomic E-state index is 12.1. The monoisotopic (exact) mass is 289 g/mol. The smallest absolute Gasteiger partial charge is 0.256 e. The molecule has 0 bridgehead atoms. The van der Waals surface area contributed by atoms with Gasteiger partial charge in [0.05, 0.1) is 11.8 Å². The van der Waals surface area contributed by atoms with E-state index >= 15 is 0 Å². The van der Waals surface area contributed by atoms with E-state index in [9.17, 15) is 9.90 Å². The molecule has 2 atom stereocenters. The Morgan fingerprint density at radius 3 is 2.89 bits per heavy atom. The highest BCUT2D eigenvalue weighted by atomic mass is 35.5. The first kappa shape index (κ1) is 15.9. The number of amides is 1. The highest BCUT2D eigenvalue weighted by Gasteiger charge is 2.26. The van der Waals surface area contributed by atoms with Gasteiger partial charge in [-0.05, 0) is 6.92 Å². The Labute approximate surface area is 118 Å². The predicted molar refractivity (Wildman–Crippen MR) is 72.6 cm³/mol. The maximum absolute atomic E-state index is 12.1. The zero-order valence-corrected chi connectivity index (χ0v) is 11.9. The van der Waals surface area contributed by atoms with Crippen molar-refractivity contribution < 1.29 is 14.4 Å². The average Bonchev–Trinajstić information content (AvgIpc) is 2.92. The molecule has 19 heavy (non-hydrogen) atoms. The van der Waals surface area contributed by atoms with Crippen LogP contribution in [0.25, 0.3) is 0 Å². The number of aliphatic hydroxyl groups excluding tert-OH is 1. The molecule has 2 heterocycles. The molecule has 0 saturated carbocycles. The van der Waals surface area contributed by atoms with Crippen LogP contribution in [0.15, 0.2) is 4.52 Å². The van der Waals surface area contributed by atoms with E-state index in [1.165, 1.54) is 0 Å². The fraction of sp³-hybridized carbons (Fsp3) is 0.667. The normalized spacial score (nSPS) is 22.1. The van der Waals surface area contributed by atoms with Gasteiger partial charge in [-0.3, -0.25) is 4.79 Å². The lowest BCUT2D eigenvalue weighted by atomic mass is 10.1. The molecule has 3 N–H and O–H groups in total. The molecular weight excluding hydrogens is 270 g/mol. The van der Waals surface area contributed by atoms with Crippen LogP contribution in [0.4, 0.5) is 0 Å². The highest BCUT2D eigenvalue weighted by Crippen LogP contribution is 2.14. The van der Waals surface area contributed by atoms with Gasteiger partial charge < -0.3 is 20.3 Å². The number of nitrogens with one attached hydrogen (secondary N) is 2. The number of aliphatic hydroxyl groups is 1. The second kappa shape index (κ2) is 6.88. The maximum Gasteiger partial charge on any atom is 0.256 e. The average molecular weight is 290 g/mol. The van der Waals surface area contributed by atoms with Crippen LogP contribution in [0.5, 0.6) is 0 Å². The molecule has 1 saturated heterocycles. The highest BCUT2D eigenvalue weighted by molar-refractivity contribution is 5.96. The van der Waals surface area contributed by atoms with Crippen LogP contribution >= 0.6 is 12.4 Å². The molecule has 1 fully saturated rings. The van der Waals surface area contributed by atoms with Crippen molar-refractivity contribution in [3.63, 3.8) is 0 Å². The van der Waals surface area contributed by atoms with Crippen LogP contribution in [0.1, 0.15) is 28.7 Å². The second-order valence-corrected chi connectivity index (χ2v) is 4.62. The van der Waals surface area contributed by atoms with E-state index in [2.05, 4.69) is 15.8 Å². The van der Waals surface area contributed by atoms with Crippen LogP contribution in [0.3, 0.4) is 0 Å². The fourth-order valence-electron chi connectivity index (χ4n) is 2.19. The van der Waals surface area contributed by atoms with Crippen molar-refractivity contribution in [1.29, 1.82) is 0 Å². The molecule has 0 radical (unpaired) electrons. The first-order chi connectivity index (χ1) is 8.63. The quantitative estimate of drug-likeness (QED) is 0.741. The topological polar surface area (TPSA) is 87.4 Å². The molecule has 1 aromatic heterocycles. The summed E-state index contributed by atoms with van der Waals surface area (Å²) in [7, 11) is 0. The molecule has 7 heteroatoms. The van der Waals surface area contributed by atoms with Crippen LogP contribution in [0.2, 0.25) is 0 Å². The summed E-state index contributed by atoms with van der Waals surface area (Å²) in [4.78, 5) is 12.1. The Balaban J connectivity index is 0.00000180. The van der Waals surface area contributed by atoms with E-state index in [1.807, 2.05) is 6.92 Å². The Bertz CT molecular complexity index is 436. The van der Waals surface area contributed by atoms with Gasteiger partial charge in [-0.25, -0.2) is 0 Å². The lowest BCUT2D eigenvalue weighted by Crippen LogP contribution is -2.34. The van der Waals surface area contributed by atoms with Gasteiger partial charge >= 0.3 is 0 Å². The first-order valence-corrected chi connectivity index (χ1v) is 6.25. The Kier molecular flexibility index (Phi) is 5.78. The molecule has 0 spiro atoms. The van der Waals surface area contributed by atoms with E-state index < -0.39 is 0 Å². The Morgan fingerprint density at radius 2 is 2.32 bits per heavy atom. The van der Waals surface area contributed by atoms with Crippen molar-refractivity contribution in [2.24, 2.45) is 5.92 Å². The number of nitrogens with zero attached hydrogens (tertiary/aromatic N) is 1. The van der Waals surface area contributed by atoms with Crippen LogP contribution in [0, 0.1) is 12.8 Å². The van der Waals surface area contributed by atoms with Gasteiger partial charge in [0, 0.05) is 32.0 Å². The van der Waals surface area contributed by atoms with Crippen LogP contribution in [-0.2, 0) is 6.42 Å². The standard InChI is InChI=1S/C12H19N3O3.ClH/c1-3-10-11(7(2)15-18-10)12(17)14-5-8-4-13-6-9(8)16;/h8-9,13,16H,3-6H2,1-2H3,(H,14,17);1H. The summed E-state index contributed by atoms with van der Waals surface area (Å²) in [5.41, 5.74) is 1.13. The number of hydrogen-bond acceptors (Lipinski definition) is 5. The van der Waals surface area contributed by atoms with Crippen molar-refractivity contribution in [3.05, 3.63) is 17.0 Å². The zero-order valence-electron chi connectivity index (χ0n) is 11.1. The number of halogens is 1. The van der Waals surface area contributed by atoms with Crippen molar-refractivity contribution in [1.82, 2.24) is 15.8 Å². The third kappa shape index (κ3) is 3.46. The summed E-state index contributed by atoms with van der Waals surface area (Å²) < 4.78 is 5.09. The molecule has 2 rings (SSSR count). The summed E-state index contributed by atoms with van der Waals surface area (Å²) in [6, 6.07) is 0. The minimum atomic E-state index is -0.389. The summed E-state index contributed by atoms with van der Waals surface area (Å²) in [6.07, 6.45) is 0.247. The minimum Gasteiger partial charge on any atom is -0.391 e. The number of aromatic nitrogens is 1. The van der Waals surface area contributed by atoms with Crippen LogP contribution < -0.4 is 10.6 Å². The van der Waals surface area contributed by atoms with Crippen LogP contribution in [-0.4, -0.2) is 41.9 Å². The molecule has 1 aliphatic rings. The summed E-state index contributed by atoms with van der Waals surface area (Å²) in [5, 5.41) is 19.4. The van der Waals surface area contributed by atoms with E-state index in [4.69, 9.17) is 4.52 Å². The minimum absolute atomic E-state index is 0. The van der Waals surface area contributed by atoms with Crippen molar-refractivity contribution in [3.8, 4) is 0 Å². The van der Waals surface area contributed by atoms with E-state index in [0.717, 1.165) is 6.54 Å². The third-order valence-electron chi connectivity index (χ3n) is 3.31. The Morgan fingerprint density at radius 1 is 1.58 bits per heavy atom. The zero-order chi connectivity index (χ0) is 13.1. The third-order valence-corrected chi connectivity index (χ3v) is 3.31. The van der Waals surface area contributed by atoms with Gasteiger partial charge in [0.15, 0.2) is 0 Å². The van der Waals surface area contributed by atoms with Crippen molar-refractivity contribution >= 4 is 18.3 Å². The number of carbonyl (C=O) groups is 1.